The van der Waals surface area contributed by atoms with E-state index in [1.165, 1.54) is 5.56 Å². The van der Waals surface area contributed by atoms with Crippen molar-refractivity contribution < 1.29 is 19.1 Å². The van der Waals surface area contributed by atoms with Gasteiger partial charge in [-0.3, -0.25) is 5.32 Å². The van der Waals surface area contributed by atoms with Gasteiger partial charge in [0.25, 0.3) is 0 Å². The van der Waals surface area contributed by atoms with E-state index in [0.29, 0.717) is 24.5 Å². The normalized spacial score (nSPS) is 10.3. The summed E-state index contributed by atoms with van der Waals surface area (Å²) in [4.78, 5) is 21.1. The van der Waals surface area contributed by atoms with E-state index in [4.69, 9.17) is 22.1 Å². The maximum absolute atomic E-state index is 11.5. The number of amides is 1. The van der Waals surface area contributed by atoms with Crippen molar-refractivity contribution in [3.8, 4) is 34.7 Å². The zero-order valence-corrected chi connectivity index (χ0v) is 31.5. The highest BCUT2D eigenvalue weighted by Gasteiger charge is 2.19. The predicted octanol–water partition coefficient (Wildman–Crippen LogP) is 10.5. The Kier molecular flexibility index (Phi) is 13.7. The first-order valence-electron chi connectivity index (χ1n) is 17.3. The molecule has 2 aromatic heterocycles. The molecule has 0 spiro atoms. The number of nitrogens with one attached hydrogen (secondary N) is 1. The summed E-state index contributed by atoms with van der Waals surface area (Å²) in [5.41, 5.74) is 16.2. The largest absolute Gasteiger partial charge is 0.454 e. The van der Waals surface area contributed by atoms with E-state index in [0.717, 1.165) is 74.2 Å². The molecule has 11 heteroatoms. The van der Waals surface area contributed by atoms with Crippen LogP contribution in [0.5, 0.6) is 0 Å². The Hall–Kier alpha value is -6.23. The van der Waals surface area contributed by atoms with Crippen molar-refractivity contribution in [2.24, 2.45) is 0 Å². The fraction of sp³-hybridized carbons (Fsp3) is 0.238. The molecule has 6 aromatic rings. The minimum absolute atomic E-state index is 0.325. The molecule has 1 amide bonds. The fourth-order valence-corrected chi connectivity index (χ4v) is 6.26. The number of nitrogens with two attached hydrogens (primary N) is 1. The van der Waals surface area contributed by atoms with Gasteiger partial charge < -0.3 is 24.3 Å². The molecule has 0 bridgehead atoms. The molecule has 3 N–H and O–H groups in total. The number of carbonyl (C=O) groups is 2. The highest BCUT2D eigenvalue weighted by molar-refractivity contribution is 6.61. The first kappa shape index (κ1) is 39.6. The molecule has 0 aliphatic rings. The van der Waals surface area contributed by atoms with E-state index in [1.807, 2.05) is 73.7 Å². The average Bonchev–Trinajstić information content (AvgIpc) is 3.63. The van der Waals surface area contributed by atoms with Crippen LogP contribution >= 0.6 is 11.6 Å². The Bertz CT molecular complexity index is 2310. The Morgan fingerprint density at radius 3 is 1.49 bits per heavy atom. The smallest absolute Gasteiger partial charge is 0.411 e. The number of benzene rings is 4. The number of aryl methyl sites for hydroxylation is 4. The van der Waals surface area contributed by atoms with Gasteiger partial charge >= 0.3 is 11.5 Å². The molecule has 0 saturated carbocycles. The number of halogens is 1. The number of hydrogen-bond acceptors (Lipinski definition) is 7. The van der Waals surface area contributed by atoms with E-state index >= 15 is 0 Å². The minimum Gasteiger partial charge on any atom is -0.454 e. The summed E-state index contributed by atoms with van der Waals surface area (Å²) < 4.78 is 13.4. The van der Waals surface area contributed by atoms with Crippen LogP contribution in [-0.4, -0.2) is 33.9 Å². The Morgan fingerprint density at radius 1 is 0.698 bits per heavy atom. The topological polar surface area (TPSA) is 148 Å². The van der Waals surface area contributed by atoms with Crippen LogP contribution in [0.3, 0.4) is 0 Å². The second-order valence-electron chi connectivity index (χ2n) is 11.9. The third-order valence-corrected chi connectivity index (χ3v) is 8.53. The number of carbonyl (C=O) groups excluding carboxylic acids is 2. The third-order valence-electron chi connectivity index (χ3n) is 8.42. The summed E-state index contributed by atoms with van der Waals surface area (Å²) >= 11 is 4.72. The quantitative estimate of drug-likeness (QED) is 0.123. The number of nitriles is 2. The van der Waals surface area contributed by atoms with Crippen molar-refractivity contribution in [3.05, 3.63) is 107 Å². The van der Waals surface area contributed by atoms with Crippen LogP contribution in [0.2, 0.25) is 0 Å². The number of rotatable bonds is 7. The number of ether oxygens (including phenoxy) is 2. The third kappa shape index (κ3) is 9.17. The first-order chi connectivity index (χ1) is 25.5. The lowest BCUT2D eigenvalue weighted by molar-refractivity contribution is 0.168. The predicted molar refractivity (Wildman–Crippen MR) is 213 cm³/mol. The number of nitrogens with zero attached hydrogens (tertiary/aromatic N) is 4. The van der Waals surface area contributed by atoms with Crippen molar-refractivity contribution in [2.75, 3.05) is 24.3 Å². The van der Waals surface area contributed by atoms with Gasteiger partial charge in [0.15, 0.2) is 0 Å². The van der Waals surface area contributed by atoms with Crippen molar-refractivity contribution in [3.63, 3.8) is 0 Å². The van der Waals surface area contributed by atoms with E-state index in [-0.39, 0.29) is 0 Å². The van der Waals surface area contributed by atoms with E-state index in [1.54, 1.807) is 13.8 Å². The molecular weight excluding hydrogens is 688 g/mol. The molecule has 0 atom stereocenters. The molecule has 0 unspecified atom stereocenters. The van der Waals surface area contributed by atoms with E-state index in [2.05, 4.69) is 70.3 Å². The maximum Gasteiger partial charge on any atom is 0.411 e. The summed E-state index contributed by atoms with van der Waals surface area (Å²) in [6.45, 7) is 14.0. The van der Waals surface area contributed by atoms with Gasteiger partial charge in [-0.1, -0.05) is 48.5 Å². The second kappa shape index (κ2) is 18.3. The Balaban J connectivity index is 0.000000209. The monoisotopic (exact) mass is 730 g/mol. The van der Waals surface area contributed by atoms with Gasteiger partial charge in [-0.05, 0) is 100 Å². The highest BCUT2D eigenvalue weighted by Crippen LogP contribution is 2.36. The van der Waals surface area contributed by atoms with Crippen molar-refractivity contribution in [1.82, 2.24) is 9.13 Å². The number of nitrogen functional groups attached to an aromatic ring is 1. The molecular formula is C42H43ClN6O4. The molecule has 53 heavy (non-hydrogen) atoms. The lowest BCUT2D eigenvalue weighted by Crippen LogP contribution is -2.13. The molecule has 272 valence electrons. The molecule has 4 aromatic carbocycles. The van der Waals surface area contributed by atoms with Gasteiger partial charge in [0, 0.05) is 46.8 Å². The van der Waals surface area contributed by atoms with Crippen LogP contribution in [0.1, 0.15) is 49.9 Å². The summed E-state index contributed by atoms with van der Waals surface area (Å²) in [5.74, 6) is 0. The van der Waals surface area contributed by atoms with Crippen molar-refractivity contribution in [2.45, 2.75) is 54.6 Å². The van der Waals surface area contributed by atoms with Crippen molar-refractivity contribution >= 4 is 56.3 Å². The summed E-state index contributed by atoms with van der Waals surface area (Å²) in [6, 6.07) is 32.3. The second-order valence-corrected chi connectivity index (χ2v) is 12.2. The minimum atomic E-state index is -0.738. The lowest BCUT2D eigenvalue weighted by Gasteiger charge is -2.10. The lowest BCUT2D eigenvalue weighted by atomic mass is 10.1. The van der Waals surface area contributed by atoms with E-state index < -0.39 is 11.5 Å². The molecule has 0 aliphatic heterocycles. The fourth-order valence-electron chi connectivity index (χ4n) is 6.15. The van der Waals surface area contributed by atoms with Crippen LogP contribution in [0.15, 0.2) is 84.9 Å². The van der Waals surface area contributed by atoms with Gasteiger partial charge in [-0.15, -0.1) is 0 Å². The molecule has 0 fully saturated rings. The molecule has 0 radical (unpaired) electrons. The zero-order valence-electron chi connectivity index (χ0n) is 30.8. The zero-order chi connectivity index (χ0) is 38.7. The van der Waals surface area contributed by atoms with Crippen LogP contribution in [0.4, 0.5) is 21.0 Å². The molecule has 6 rings (SSSR count). The van der Waals surface area contributed by atoms with E-state index in [9.17, 15) is 20.1 Å². The number of anilines is 2. The first-order valence-corrected chi connectivity index (χ1v) is 17.7. The highest BCUT2D eigenvalue weighted by atomic mass is 35.5. The number of aromatic nitrogens is 2. The van der Waals surface area contributed by atoms with Crippen LogP contribution in [-0.2, 0) is 22.6 Å². The van der Waals surface area contributed by atoms with Crippen molar-refractivity contribution in [1.29, 1.82) is 10.5 Å². The van der Waals surface area contributed by atoms with Crippen LogP contribution in [0, 0.1) is 36.5 Å². The number of hydrogen-bond donors (Lipinski definition) is 2. The van der Waals surface area contributed by atoms with Crippen LogP contribution in [0.25, 0.3) is 44.3 Å². The summed E-state index contributed by atoms with van der Waals surface area (Å²) in [5, 5.41) is 24.0. The van der Waals surface area contributed by atoms with Gasteiger partial charge in [-0.2, -0.15) is 10.5 Å². The maximum atomic E-state index is 11.5. The summed E-state index contributed by atoms with van der Waals surface area (Å²) in [6.07, 6.45) is -0.476. The average molecular weight is 731 g/mol. The van der Waals surface area contributed by atoms with Gasteiger partial charge in [0.05, 0.1) is 46.8 Å². The standard InChI is InChI=1S/C21H21N3O2.C18H17N3.C3H5ClO2/c1-4-24-19-12-14(3)6-11-17(19)18(13-22)20(24)15-7-9-16(10-8-15)23-21(25)26-5-2;1-3-21-17-10-12(2)4-9-15(17)16(11-19)18(21)13-5-7-14(20)8-6-13;1-2-6-3(4)5/h6-12H,4-5H2,1-3H3,(H,23,25);4-10H,3,20H2,1-2H3;2H2,1H3. The molecule has 2 heterocycles. The Labute approximate surface area is 314 Å². The molecule has 0 aliphatic carbocycles. The van der Waals surface area contributed by atoms with Crippen LogP contribution < -0.4 is 11.1 Å². The SMILES string of the molecule is CCOC(=O)Cl.CCOC(=O)Nc1ccc(-c2c(C#N)c3ccc(C)cc3n2CC)cc1.CCn1c(-c2ccc(N)cc2)c(C#N)c2ccc(C)cc21. The number of fused-ring (bicyclic) bond motifs is 2. The molecule has 10 nitrogen and oxygen atoms in total. The Morgan fingerprint density at radius 2 is 1.13 bits per heavy atom. The van der Waals surface area contributed by atoms with Gasteiger partial charge in [-0.25, -0.2) is 9.59 Å². The summed E-state index contributed by atoms with van der Waals surface area (Å²) in [7, 11) is 0. The van der Waals surface area contributed by atoms with Gasteiger partial charge in [0.2, 0.25) is 0 Å². The van der Waals surface area contributed by atoms with Gasteiger partial charge in [0.1, 0.15) is 12.1 Å². The molecule has 0 saturated heterocycles.